The molecular weight excluding hydrogens is 384 g/mol. The van der Waals surface area contributed by atoms with Crippen molar-refractivity contribution >= 4 is 21.8 Å². The first-order valence-electron chi connectivity index (χ1n) is 8.07. The Morgan fingerprint density at radius 3 is 2.57 bits per heavy atom. The molecule has 3 rings (SSSR count). The number of anilines is 1. The van der Waals surface area contributed by atoms with E-state index in [0.29, 0.717) is 5.56 Å². The number of ether oxygens (including phenoxy) is 1. The number of carboxylic acids is 1. The SMILES string of the molecule is Cc1ccc(S(=O)(=O)Nc2ncc(C(=O)O)nc2OCc2cccnc2)cc1. The Balaban J connectivity index is 1.90. The molecule has 0 aliphatic carbocycles. The fourth-order valence-corrected chi connectivity index (χ4v) is 3.19. The number of aryl methyl sites for hydroxylation is 1. The van der Waals surface area contributed by atoms with Gasteiger partial charge < -0.3 is 9.84 Å². The molecule has 10 heteroatoms. The van der Waals surface area contributed by atoms with Crippen molar-refractivity contribution in [1.29, 1.82) is 0 Å². The van der Waals surface area contributed by atoms with Gasteiger partial charge >= 0.3 is 5.97 Å². The number of hydrogen-bond donors (Lipinski definition) is 2. The van der Waals surface area contributed by atoms with Crippen molar-refractivity contribution < 1.29 is 23.1 Å². The van der Waals surface area contributed by atoms with E-state index in [1.54, 1.807) is 36.7 Å². The van der Waals surface area contributed by atoms with Gasteiger partial charge in [-0.1, -0.05) is 23.8 Å². The van der Waals surface area contributed by atoms with E-state index in [-0.39, 0.29) is 28.9 Å². The maximum absolute atomic E-state index is 12.6. The quantitative estimate of drug-likeness (QED) is 0.617. The number of hydrogen-bond acceptors (Lipinski definition) is 7. The minimum Gasteiger partial charge on any atom is -0.476 e. The van der Waals surface area contributed by atoms with Crippen LogP contribution >= 0.6 is 0 Å². The molecule has 9 nitrogen and oxygen atoms in total. The predicted octanol–water partition coefficient (Wildman–Crippen LogP) is 2.26. The fraction of sp³-hybridized carbons (Fsp3) is 0.111. The van der Waals surface area contributed by atoms with E-state index >= 15 is 0 Å². The molecule has 2 heterocycles. The molecule has 0 radical (unpaired) electrons. The molecule has 0 unspecified atom stereocenters. The van der Waals surface area contributed by atoms with Crippen LogP contribution < -0.4 is 9.46 Å². The van der Waals surface area contributed by atoms with E-state index in [2.05, 4.69) is 19.7 Å². The summed E-state index contributed by atoms with van der Waals surface area (Å²) in [6.07, 6.45) is 4.10. The number of benzene rings is 1. The van der Waals surface area contributed by atoms with Gasteiger partial charge in [-0.15, -0.1) is 0 Å². The predicted molar refractivity (Wildman–Crippen MR) is 99.5 cm³/mol. The van der Waals surface area contributed by atoms with Gasteiger partial charge in [0.25, 0.3) is 15.9 Å². The monoisotopic (exact) mass is 400 g/mol. The number of rotatable bonds is 7. The molecule has 0 spiro atoms. The normalized spacial score (nSPS) is 11.0. The smallest absolute Gasteiger partial charge is 0.356 e. The molecule has 0 saturated heterocycles. The van der Waals surface area contributed by atoms with Crippen molar-refractivity contribution in [2.24, 2.45) is 0 Å². The lowest BCUT2D eigenvalue weighted by molar-refractivity contribution is 0.0688. The summed E-state index contributed by atoms with van der Waals surface area (Å²) >= 11 is 0. The molecule has 28 heavy (non-hydrogen) atoms. The maximum Gasteiger partial charge on any atom is 0.356 e. The number of pyridine rings is 1. The Hall–Kier alpha value is -3.53. The summed E-state index contributed by atoms with van der Waals surface area (Å²) in [5.74, 6) is -1.78. The molecule has 0 fully saturated rings. The Morgan fingerprint density at radius 1 is 1.18 bits per heavy atom. The van der Waals surface area contributed by atoms with Crippen LogP contribution in [0.3, 0.4) is 0 Å². The van der Waals surface area contributed by atoms with Crippen LogP contribution in [0.15, 0.2) is 59.9 Å². The van der Waals surface area contributed by atoms with E-state index in [1.165, 1.54) is 12.1 Å². The molecular formula is C18H16N4O5S. The number of nitrogens with one attached hydrogen (secondary N) is 1. The van der Waals surface area contributed by atoms with Gasteiger partial charge in [0.05, 0.1) is 11.1 Å². The summed E-state index contributed by atoms with van der Waals surface area (Å²) in [6, 6.07) is 9.68. The Kier molecular flexibility index (Phi) is 5.50. The third kappa shape index (κ3) is 4.60. The van der Waals surface area contributed by atoms with E-state index in [4.69, 9.17) is 9.84 Å². The van der Waals surface area contributed by atoms with Gasteiger partial charge in [-0.05, 0) is 25.1 Å². The van der Waals surface area contributed by atoms with Gasteiger partial charge in [0.2, 0.25) is 5.82 Å². The minimum absolute atomic E-state index is 0.00481. The molecule has 0 bridgehead atoms. The zero-order valence-corrected chi connectivity index (χ0v) is 15.5. The van der Waals surface area contributed by atoms with Crippen LogP contribution in [0.1, 0.15) is 21.6 Å². The van der Waals surface area contributed by atoms with E-state index < -0.39 is 16.0 Å². The Labute approximate surface area is 161 Å². The summed E-state index contributed by atoms with van der Waals surface area (Å²) in [7, 11) is -3.96. The van der Waals surface area contributed by atoms with Crippen molar-refractivity contribution in [1.82, 2.24) is 15.0 Å². The summed E-state index contributed by atoms with van der Waals surface area (Å²) in [6.45, 7) is 1.84. The first-order chi connectivity index (χ1) is 13.3. The second-order valence-corrected chi connectivity index (χ2v) is 7.47. The van der Waals surface area contributed by atoms with Gasteiger partial charge in [-0.25, -0.2) is 23.2 Å². The lowest BCUT2D eigenvalue weighted by Gasteiger charge is -2.12. The van der Waals surface area contributed by atoms with Gasteiger partial charge in [-0.2, -0.15) is 0 Å². The van der Waals surface area contributed by atoms with Crippen LogP contribution in [0.4, 0.5) is 5.82 Å². The van der Waals surface area contributed by atoms with Crippen molar-refractivity contribution in [3.63, 3.8) is 0 Å². The zero-order chi connectivity index (χ0) is 20.1. The largest absolute Gasteiger partial charge is 0.476 e. The number of nitrogens with zero attached hydrogens (tertiary/aromatic N) is 3. The van der Waals surface area contributed by atoms with Crippen LogP contribution in [0.2, 0.25) is 0 Å². The molecule has 2 aromatic heterocycles. The number of sulfonamides is 1. The Bertz CT molecular complexity index is 1090. The highest BCUT2D eigenvalue weighted by Crippen LogP contribution is 2.24. The maximum atomic E-state index is 12.6. The highest BCUT2D eigenvalue weighted by Gasteiger charge is 2.20. The molecule has 3 aromatic rings. The third-order valence-electron chi connectivity index (χ3n) is 3.62. The van der Waals surface area contributed by atoms with E-state index in [0.717, 1.165) is 11.8 Å². The van der Waals surface area contributed by atoms with Crippen LogP contribution in [-0.2, 0) is 16.6 Å². The molecule has 1 aromatic carbocycles. The summed E-state index contributed by atoms with van der Waals surface area (Å²) in [5, 5.41) is 9.12. The first-order valence-corrected chi connectivity index (χ1v) is 9.55. The van der Waals surface area contributed by atoms with Crippen molar-refractivity contribution in [3.05, 3.63) is 71.8 Å². The summed E-state index contributed by atoms with van der Waals surface area (Å²) in [5.41, 5.74) is 1.22. The highest BCUT2D eigenvalue weighted by molar-refractivity contribution is 7.92. The van der Waals surface area contributed by atoms with Crippen LogP contribution in [-0.4, -0.2) is 34.4 Å². The van der Waals surface area contributed by atoms with Gasteiger partial charge in [0, 0.05) is 18.0 Å². The topological polar surface area (TPSA) is 131 Å². The van der Waals surface area contributed by atoms with Crippen LogP contribution in [0, 0.1) is 6.92 Å². The Morgan fingerprint density at radius 2 is 1.93 bits per heavy atom. The lowest BCUT2D eigenvalue weighted by atomic mass is 10.2. The number of aromatic nitrogens is 3. The van der Waals surface area contributed by atoms with Gasteiger partial charge in [0.15, 0.2) is 5.69 Å². The van der Waals surface area contributed by atoms with E-state index in [9.17, 15) is 13.2 Å². The molecule has 0 aliphatic heterocycles. The van der Waals surface area contributed by atoms with Crippen molar-refractivity contribution in [2.75, 3.05) is 4.72 Å². The molecule has 0 amide bonds. The average Bonchev–Trinajstić information content (AvgIpc) is 2.68. The highest BCUT2D eigenvalue weighted by atomic mass is 32.2. The van der Waals surface area contributed by atoms with Crippen molar-refractivity contribution in [3.8, 4) is 5.88 Å². The molecule has 144 valence electrons. The van der Waals surface area contributed by atoms with Crippen LogP contribution in [0.25, 0.3) is 0 Å². The van der Waals surface area contributed by atoms with Crippen molar-refractivity contribution in [2.45, 2.75) is 18.4 Å². The number of aromatic carboxylic acids is 1. The number of carbonyl (C=O) groups is 1. The number of carboxylic acid groups (broad SMARTS) is 1. The average molecular weight is 400 g/mol. The van der Waals surface area contributed by atoms with E-state index in [1.807, 2.05) is 6.92 Å². The molecule has 0 atom stereocenters. The van der Waals surface area contributed by atoms with Crippen LogP contribution in [0.5, 0.6) is 5.88 Å². The minimum atomic E-state index is -3.96. The molecule has 0 aliphatic rings. The lowest BCUT2D eigenvalue weighted by Crippen LogP contribution is -2.16. The standard InChI is InChI=1S/C18H16N4O5S/c1-12-4-6-14(7-5-12)28(25,26)22-16-17(21-15(10-20-16)18(23)24)27-11-13-3-2-8-19-9-13/h2-10H,11H2,1H3,(H,20,22)(H,23,24). The summed E-state index contributed by atoms with van der Waals surface area (Å²) < 4.78 is 33.0. The first kappa shape index (κ1) is 19.2. The van der Waals surface area contributed by atoms with Gasteiger partial charge in [0.1, 0.15) is 6.61 Å². The zero-order valence-electron chi connectivity index (χ0n) is 14.7. The second kappa shape index (κ2) is 8.01. The molecule has 2 N–H and O–H groups in total. The fourth-order valence-electron chi connectivity index (χ4n) is 2.18. The van der Waals surface area contributed by atoms with Gasteiger partial charge in [-0.3, -0.25) is 9.71 Å². The molecule has 0 saturated carbocycles. The third-order valence-corrected chi connectivity index (χ3v) is 4.98. The summed E-state index contributed by atoms with van der Waals surface area (Å²) in [4.78, 5) is 22.9. The second-order valence-electron chi connectivity index (χ2n) is 5.78.